The highest BCUT2D eigenvalue weighted by molar-refractivity contribution is 7.99. The molecule has 0 amide bonds. The summed E-state index contributed by atoms with van der Waals surface area (Å²) >= 11 is 5.43. The van der Waals surface area contributed by atoms with Gasteiger partial charge in [0.05, 0.1) is 26.8 Å². The molecule has 3 nitrogen and oxygen atoms in total. The Morgan fingerprint density at radius 2 is 1.07 bits per heavy atom. The molecular formula is C66H38N2OS3. The zero-order chi connectivity index (χ0) is 47.1. The molecule has 0 atom stereocenters. The number of fused-ring (bicyclic) bond motifs is 17. The molecule has 14 aromatic rings. The fourth-order valence-electron chi connectivity index (χ4n) is 12.2. The summed E-state index contributed by atoms with van der Waals surface area (Å²) in [6, 6.07) is 83.5. The lowest BCUT2D eigenvalue weighted by Crippen LogP contribution is -2.31. The number of nitrogens with zero attached hydrogens (tertiary/aromatic N) is 2. The number of aromatic nitrogens is 1. The Labute approximate surface area is 426 Å². The third kappa shape index (κ3) is 5.71. The van der Waals surface area contributed by atoms with E-state index in [1.807, 2.05) is 34.7 Å². The van der Waals surface area contributed by atoms with E-state index >= 15 is 0 Å². The number of thiophene rings is 1. The van der Waals surface area contributed by atoms with Gasteiger partial charge in [-0.3, -0.25) is 0 Å². The van der Waals surface area contributed by atoms with Crippen LogP contribution < -0.4 is 4.90 Å². The number of anilines is 3. The number of rotatable bonds is 5. The maximum Gasteiger partial charge on any atom is 0.135 e. The predicted octanol–water partition coefficient (Wildman–Crippen LogP) is 19.3. The van der Waals surface area contributed by atoms with E-state index in [0.29, 0.717) is 0 Å². The molecule has 72 heavy (non-hydrogen) atoms. The SMILES string of the molecule is c1ccc2c(c1)Sc1ccccc1C21c2ccccc2-c2cc(-c3ccc(N(c4ccc5oc6ccccc6c5c4)c4cc(-c5ccc6scnc6c5)c5sc6ccccc6c5c4)c4ccccc34)ccc21. The van der Waals surface area contributed by atoms with Crippen molar-refractivity contribution in [2.45, 2.75) is 15.2 Å². The van der Waals surface area contributed by atoms with Gasteiger partial charge in [-0.25, -0.2) is 4.98 Å². The van der Waals surface area contributed by atoms with Crippen LogP contribution in [0.1, 0.15) is 22.3 Å². The maximum absolute atomic E-state index is 6.44. The van der Waals surface area contributed by atoms with Crippen molar-refractivity contribution in [3.63, 3.8) is 0 Å². The number of hydrogen-bond donors (Lipinski definition) is 0. The summed E-state index contributed by atoms with van der Waals surface area (Å²) in [7, 11) is 0. The molecule has 0 N–H and O–H groups in total. The Bertz CT molecular complexity index is 4550. The molecular weight excluding hydrogens is 933 g/mol. The van der Waals surface area contributed by atoms with Gasteiger partial charge in [-0.1, -0.05) is 157 Å². The van der Waals surface area contributed by atoms with E-state index in [9.17, 15) is 0 Å². The first-order valence-electron chi connectivity index (χ1n) is 24.3. The van der Waals surface area contributed by atoms with Gasteiger partial charge in [0.1, 0.15) is 11.2 Å². The molecule has 11 aromatic carbocycles. The summed E-state index contributed by atoms with van der Waals surface area (Å²) in [6.07, 6.45) is 0. The molecule has 1 aliphatic carbocycles. The topological polar surface area (TPSA) is 29.3 Å². The van der Waals surface area contributed by atoms with Crippen LogP contribution in [-0.4, -0.2) is 4.98 Å². The van der Waals surface area contributed by atoms with Crippen molar-refractivity contribution in [1.29, 1.82) is 0 Å². The monoisotopic (exact) mass is 970 g/mol. The van der Waals surface area contributed by atoms with Gasteiger partial charge < -0.3 is 9.32 Å². The van der Waals surface area contributed by atoms with Gasteiger partial charge in [-0.05, 0) is 134 Å². The van der Waals surface area contributed by atoms with Crippen molar-refractivity contribution < 1.29 is 4.42 Å². The second kappa shape index (κ2) is 15.4. The highest BCUT2D eigenvalue weighted by Gasteiger charge is 2.50. The first kappa shape index (κ1) is 40.5. The van der Waals surface area contributed by atoms with E-state index in [2.05, 4.69) is 223 Å². The van der Waals surface area contributed by atoms with Gasteiger partial charge >= 0.3 is 0 Å². The normalized spacial score (nSPS) is 13.3. The second-order valence-corrected chi connectivity index (χ2v) is 22.0. The molecule has 4 heterocycles. The van der Waals surface area contributed by atoms with Gasteiger partial charge in [0.25, 0.3) is 0 Å². The van der Waals surface area contributed by atoms with E-state index in [1.165, 1.54) is 90.1 Å². The molecule has 16 rings (SSSR count). The second-order valence-electron chi connectivity index (χ2n) is 18.9. The van der Waals surface area contributed by atoms with Crippen LogP contribution in [0, 0.1) is 0 Å². The number of hydrogen-bond acceptors (Lipinski definition) is 6. The fraction of sp³-hybridized carbons (Fsp3) is 0.0152. The minimum absolute atomic E-state index is 0.420. The number of furan rings is 1. The molecule has 0 unspecified atom stereocenters. The summed E-state index contributed by atoms with van der Waals surface area (Å²) in [4.78, 5) is 9.87. The Morgan fingerprint density at radius 1 is 0.403 bits per heavy atom. The molecule has 2 aliphatic rings. The van der Waals surface area contributed by atoms with Crippen LogP contribution in [0.2, 0.25) is 0 Å². The van der Waals surface area contributed by atoms with E-state index in [0.717, 1.165) is 55.5 Å². The average molecular weight is 971 g/mol. The first-order chi connectivity index (χ1) is 35.7. The lowest BCUT2D eigenvalue weighted by atomic mass is 9.67. The Balaban J connectivity index is 0.932. The Kier molecular flexibility index (Phi) is 8.64. The number of benzene rings is 11. The maximum atomic E-state index is 6.44. The number of para-hydroxylation sites is 1. The molecule has 6 heteroatoms. The van der Waals surface area contributed by atoms with Crippen LogP contribution in [0.25, 0.3) is 96.5 Å². The highest BCUT2D eigenvalue weighted by atomic mass is 32.2. The van der Waals surface area contributed by atoms with E-state index < -0.39 is 5.41 Å². The van der Waals surface area contributed by atoms with Crippen LogP contribution in [0.3, 0.4) is 0 Å². The molecule has 0 fully saturated rings. The van der Waals surface area contributed by atoms with Gasteiger partial charge in [0.2, 0.25) is 0 Å². The van der Waals surface area contributed by atoms with Crippen LogP contribution >= 0.6 is 34.4 Å². The lowest BCUT2D eigenvalue weighted by molar-refractivity contribution is 0.669. The molecule has 1 aliphatic heterocycles. The quantitative estimate of drug-likeness (QED) is 0.172. The predicted molar refractivity (Wildman–Crippen MR) is 304 cm³/mol. The molecule has 0 bridgehead atoms. The fourth-order valence-corrected chi connectivity index (χ4v) is 15.3. The van der Waals surface area contributed by atoms with E-state index in [-0.39, 0.29) is 0 Å². The zero-order valence-electron chi connectivity index (χ0n) is 38.5. The van der Waals surface area contributed by atoms with E-state index in [1.54, 1.807) is 11.3 Å². The van der Waals surface area contributed by atoms with Crippen molar-refractivity contribution in [1.82, 2.24) is 4.98 Å². The van der Waals surface area contributed by atoms with Gasteiger partial charge in [0.15, 0.2) is 0 Å². The van der Waals surface area contributed by atoms with Crippen LogP contribution in [0.5, 0.6) is 0 Å². The molecule has 1 spiro atoms. The molecule has 0 saturated heterocycles. The first-order valence-corrected chi connectivity index (χ1v) is 26.8. The Morgan fingerprint density at radius 3 is 1.93 bits per heavy atom. The van der Waals surface area contributed by atoms with Crippen LogP contribution in [0.15, 0.2) is 244 Å². The van der Waals surface area contributed by atoms with Crippen LogP contribution in [0.4, 0.5) is 17.1 Å². The summed E-state index contributed by atoms with van der Waals surface area (Å²) in [6.45, 7) is 0. The van der Waals surface area contributed by atoms with Gasteiger partial charge in [-0.2, -0.15) is 0 Å². The van der Waals surface area contributed by atoms with Crippen molar-refractivity contribution >= 4 is 115 Å². The average Bonchev–Trinajstić information content (AvgIpc) is 4.23. The summed E-state index contributed by atoms with van der Waals surface area (Å²) in [5, 5.41) is 7.04. The zero-order valence-corrected chi connectivity index (χ0v) is 40.9. The minimum Gasteiger partial charge on any atom is -0.456 e. The van der Waals surface area contributed by atoms with Crippen molar-refractivity contribution in [3.8, 4) is 33.4 Å². The standard InChI is InChI=1S/C66H38N2OS3/c1-2-15-46-44(13-1)43(39-25-29-54-50(33-39)45-14-3-6-18-53(45)66(54)55-19-7-11-23-62(55)71-63-24-12-8-20-56(63)66)28-30-58(46)68(41-27-31-60-51(35-41)47-16-4-9-21-59(47)69-60)42-36-49(40-26-32-64-57(34-40)67-38-70-64)65-52(37-42)48-17-5-10-22-61(48)72-65/h1-38H. The third-order valence-corrected chi connectivity index (χ3v) is 18.5. The van der Waals surface area contributed by atoms with Gasteiger partial charge in [-0.15, -0.1) is 22.7 Å². The molecule has 0 radical (unpaired) electrons. The summed E-state index contributed by atoms with van der Waals surface area (Å²) < 4.78 is 10.2. The third-order valence-electron chi connectivity index (χ3n) is 15.3. The molecule has 336 valence electrons. The molecule has 0 saturated carbocycles. The Hall–Kier alpha value is -8.26. The van der Waals surface area contributed by atoms with Crippen molar-refractivity contribution in [3.05, 3.63) is 252 Å². The molecule has 3 aromatic heterocycles. The highest BCUT2D eigenvalue weighted by Crippen LogP contribution is 2.62. The smallest absolute Gasteiger partial charge is 0.135 e. The minimum atomic E-state index is -0.420. The number of thiazole rings is 1. The van der Waals surface area contributed by atoms with Crippen molar-refractivity contribution in [2.75, 3.05) is 4.90 Å². The van der Waals surface area contributed by atoms with E-state index in [4.69, 9.17) is 9.40 Å². The largest absolute Gasteiger partial charge is 0.456 e. The summed E-state index contributed by atoms with van der Waals surface area (Å²) in [5.41, 5.74) is 20.2. The summed E-state index contributed by atoms with van der Waals surface area (Å²) in [5.74, 6) is 0. The van der Waals surface area contributed by atoms with Crippen molar-refractivity contribution in [2.24, 2.45) is 0 Å². The lowest BCUT2D eigenvalue weighted by Gasteiger charge is -2.39. The van der Waals surface area contributed by atoms with Crippen LogP contribution in [-0.2, 0) is 5.41 Å². The van der Waals surface area contributed by atoms with Gasteiger partial charge in [0, 0.05) is 63.1 Å².